The van der Waals surface area contributed by atoms with E-state index < -0.39 is 17.9 Å². The average Bonchev–Trinajstić information content (AvgIpc) is 1.87. The molecule has 0 aromatic carbocycles. The van der Waals surface area contributed by atoms with Gasteiger partial charge in [0.05, 0.1) is 17.9 Å². The summed E-state index contributed by atoms with van der Waals surface area (Å²) in [6.45, 7) is 9.39. The second kappa shape index (κ2) is 5.20. The highest BCUT2D eigenvalue weighted by Crippen LogP contribution is 1.90. The van der Waals surface area contributed by atoms with E-state index in [4.69, 9.17) is 0 Å². The van der Waals surface area contributed by atoms with Gasteiger partial charge in [0.2, 0.25) is 0 Å². The van der Waals surface area contributed by atoms with Crippen LogP contribution in [0.2, 0.25) is 25.2 Å². The van der Waals surface area contributed by atoms with Crippen molar-refractivity contribution in [2.75, 3.05) is 0 Å². The van der Waals surface area contributed by atoms with Crippen LogP contribution in [0, 0.1) is 0 Å². The molecule has 0 heterocycles. The predicted octanol–water partition coefficient (Wildman–Crippen LogP) is 1.32. The summed E-state index contributed by atoms with van der Waals surface area (Å²) in [6.07, 6.45) is 0. The van der Waals surface area contributed by atoms with Crippen LogP contribution >= 0.6 is 0 Å². The first-order chi connectivity index (χ1) is 4.20. The molecule has 0 aromatic heterocycles. The first-order valence-corrected chi connectivity index (χ1v) is 9.06. The van der Waals surface area contributed by atoms with E-state index in [0.717, 1.165) is 0 Å². The van der Waals surface area contributed by atoms with Crippen molar-refractivity contribution in [3.63, 3.8) is 0 Å². The summed E-state index contributed by atoms with van der Waals surface area (Å²) in [7, 11) is -0.890. The lowest BCUT2D eigenvalue weighted by Gasteiger charge is -2.13. The maximum atomic E-state index is 3.76. The predicted molar refractivity (Wildman–Crippen MR) is 50.1 cm³/mol. The number of hydrogen-bond donors (Lipinski definition) is 1. The molecule has 2 unspecified atom stereocenters. The SMILES string of the molecule is CC[SiH](C)N[SiH](C)CC. The molecule has 0 saturated carbocycles. The van der Waals surface area contributed by atoms with Crippen molar-refractivity contribution in [1.29, 1.82) is 0 Å². The van der Waals surface area contributed by atoms with Gasteiger partial charge in [-0.15, -0.1) is 0 Å². The van der Waals surface area contributed by atoms with Crippen LogP contribution in [0.15, 0.2) is 0 Å². The lowest BCUT2D eigenvalue weighted by Crippen LogP contribution is -2.40. The van der Waals surface area contributed by atoms with E-state index in [2.05, 4.69) is 31.6 Å². The van der Waals surface area contributed by atoms with Gasteiger partial charge >= 0.3 is 0 Å². The smallest absolute Gasteiger partial charge is 0.0982 e. The summed E-state index contributed by atoms with van der Waals surface area (Å²) in [5, 5.41) is 0. The van der Waals surface area contributed by atoms with Gasteiger partial charge in [0.1, 0.15) is 0 Å². The number of rotatable bonds is 4. The first-order valence-electron chi connectivity index (χ1n) is 3.96. The van der Waals surface area contributed by atoms with Gasteiger partial charge < -0.3 is 4.65 Å². The van der Waals surface area contributed by atoms with E-state index in [9.17, 15) is 0 Å². The second-order valence-corrected chi connectivity index (χ2v) is 9.36. The van der Waals surface area contributed by atoms with Crippen LogP contribution < -0.4 is 4.65 Å². The maximum Gasteiger partial charge on any atom is 0.0982 e. The van der Waals surface area contributed by atoms with Crippen LogP contribution in [-0.2, 0) is 0 Å². The lowest BCUT2D eigenvalue weighted by atomic mass is 11.0. The summed E-state index contributed by atoms with van der Waals surface area (Å²) < 4.78 is 3.76. The standard InChI is InChI=1S/C6H19NSi2/c1-5-8(3)7-9(4)6-2/h7-9H,5-6H2,1-4H3. The molecule has 3 heteroatoms. The summed E-state index contributed by atoms with van der Waals surface area (Å²) in [4.78, 5) is 0. The van der Waals surface area contributed by atoms with Crippen LogP contribution in [0.1, 0.15) is 13.8 Å². The Kier molecular flexibility index (Phi) is 5.43. The molecule has 1 nitrogen and oxygen atoms in total. The van der Waals surface area contributed by atoms with Crippen molar-refractivity contribution in [1.82, 2.24) is 4.65 Å². The molecule has 0 aliphatic rings. The molecule has 0 aliphatic carbocycles. The highest BCUT2D eigenvalue weighted by atomic mass is 28.3. The van der Waals surface area contributed by atoms with Gasteiger partial charge in [-0.3, -0.25) is 0 Å². The van der Waals surface area contributed by atoms with Crippen LogP contribution in [-0.4, -0.2) is 17.9 Å². The van der Waals surface area contributed by atoms with Gasteiger partial charge in [-0.1, -0.05) is 39.0 Å². The molecule has 0 aliphatic heterocycles. The van der Waals surface area contributed by atoms with Gasteiger partial charge in [0, 0.05) is 0 Å². The molecule has 56 valence electrons. The number of hydrogen-bond acceptors (Lipinski definition) is 1. The normalized spacial score (nSPS) is 17.3. The van der Waals surface area contributed by atoms with Crippen molar-refractivity contribution in [3.8, 4) is 0 Å². The topological polar surface area (TPSA) is 12.0 Å². The Hall–Kier alpha value is 0.394. The molecule has 0 aromatic rings. The lowest BCUT2D eigenvalue weighted by molar-refractivity contribution is 1.26. The Balaban J connectivity index is 3.22. The fraction of sp³-hybridized carbons (Fsp3) is 1.00. The zero-order valence-corrected chi connectivity index (χ0v) is 9.38. The Morgan fingerprint density at radius 2 is 1.33 bits per heavy atom. The third kappa shape index (κ3) is 4.87. The van der Waals surface area contributed by atoms with Crippen LogP contribution in [0.4, 0.5) is 0 Å². The molecular weight excluding hydrogens is 142 g/mol. The molecule has 2 atom stereocenters. The summed E-state index contributed by atoms with van der Waals surface area (Å²) in [6, 6.07) is 2.80. The van der Waals surface area contributed by atoms with Crippen molar-refractivity contribution < 1.29 is 0 Å². The van der Waals surface area contributed by atoms with E-state index in [1.807, 2.05) is 0 Å². The maximum absolute atomic E-state index is 3.76. The molecule has 0 bridgehead atoms. The zero-order valence-electron chi connectivity index (χ0n) is 7.07. The second-order valence-electron chi connectivity index (χ2n) is 2.79. The zero-order chi connectivity index (χ0) is 7.28. The van der Waals surface area contributed by atoms with E-state index >= 15 is 0 Å². The molecule has 0 spiro atoms. The number of nitrogens with one attached hydrogen (secondary N) is 1. The van der Waals surface area contributed by atoms with Crippen LogP contribution in [0.25, 0.3) is 0 Å². The molecular formula is C6H19NSi2. The fourth-order valence-electron chi connectivity index (χ4n) is 0.721. The van der Waals surface area contributed by atoms with Crippen molar-refractivity contribution in [2.45, 2.75) is 39.0 Å². The van der Waals surface area contributed by atoms with Crippen LogP contribution in [0.5, 0.6) is 0 Å². The molecule has 0 saturated heterocycles. The van der Waals surface area contributed by atoms with Crippen molar-refractivity contribution in [3.05, 3.63) is 0 Å². The Labute approximate surface area is 62.2 Å². The van der Waals surface area contributed by atoms with Gasteiger partial charge in [0.15, 0.2) is 0 Å². The summed E-state index contributed by atoms with van der Waals surface area (Å²) >= 11 is 0. The van der Waals surface area contributed by atoms with E-state index in [1.54, 1.807) is 0 Å². The minimum Gasteiger partial charge on any atom is -0.364 e. The minimum absolute atomic E-state index is 0.445. The fourth-order valence-corrected chi connectivity index (χ4v) is 6.49. The van der Waals surface area contributed by atoms with E-state index in [1.165, 1.54) is 12.1 Å². The van der Waals surface area contributed by atoms with Crippen molar-refractivity contribution in [2.24, 2.45) is 0 Å². The average molecular weight is 161 g/mol. The van der Waals surface area contributed by atoms with Gasteiger partial charge in [-0.25, -0.2) is 0 Å². The highest BCUT2D eigenvalue weighted by Gasteiger charge is 2.04. The van der Waals surface area contributed by atoms with Crippen molar-refractivity contribution >= 4 is 17.9 Å². The molecule has 0 fully saturated rings. The Bertz CT molecular complexity index is 60.1. The Morgan fingerprint density at radius 3 is 1.56 bits per heavy atom. The monoisotopic (exact) mass is 161 g/mol. The van der Waals surface area contributed by atoms with Gasteiger partial charge in [-0.2, -0.15) is 0 Å². The van der Waals surface area contributed by atoms with E-state index in [-0.39, 0.29) is 0 Å². The molecule has 1 N–H and O–H groups in total. The first kappa shape index (κ1) is 9.39. The van der Waals surface area contributed by atoms with Gasteiger partial charge in [-0.05, 0) is 0 Å². The quantitative estimate of drug-likeness (QED) is 0.613. The largest absolute Gasteiger partial charge is 0.364 e. The molecule has 0 amide bonds. The molecule has 0 rings (SSSR count). The third-order valence-corrected chi connectivity index (χ3v) is 8.80. The molecule has 0 radical (unpaired) electrons. The summed E-state index contributed by atoms with van der Waals surface area (Å²) in [5.41, 5.74) is 0. The Morgan fingerprint density at radius 1 is 1.00 bits per heavy atom. The highest BCUT2D eigenvalue weighted by molar-refractivity contribution is 6.71. The third-order valence-electron chi connectivity index (χ3n) is 1.79. The van der Waals surface area contributed by atoms with Gasteiger partial charge in [0.25, 0.3) is 0 Å². The van der Waals surface area contributed by atoms with E-state index in [0.29, 0.717) is 0 Å². The minimum atomic E-state index is -0.445. The molecule has 9 heavy (non-hydrogen) atoms. The summed E-state index contributed by atoms with van der Waals surface area (Å²) in [5.74, 6) is 0. The van der Waals surface area contributed by atoms with Crippen LogP contribution in [0.3, 0.4) is 0 Å².